The molecule has 1 N–H and O–H groups in total. The SMILES string of the molecule is CCC(CC)Oc1ccc(F)cc1NCc1cnc(Cl)s1. The average Bonchev–Trinajstić information content (AvgIpc) is 2.90. The van der Waals surface area contributed by atoms with Crippen LogP contribution in [0.5, 0.6) is 5.75 Å². The van der Waals surface area contributed by atoms with Gasteiger partial charge in [0.2, 0.25) is 0 Å². The van der Waals surface area contributed by atoms with E-state index >= 15 is 0 Å². The van der Waals surface area contributed by atoms with Gasteiger partial charge in [-0.05, 0) is 25.0 Å². The van der Waals surface area contributed by atoms with E-state index in [1.165, 1.54) is 23.5 Å². The highest BCUT2D eigenvalue weighted by atomic mass is 35.5. The third kappa shape index (κ3) is 4.58. The van der Waals surface area contributed by atoms with Crippen molar-refractivity contribution in [3.8, 4) is 5.75 Å². The van der Waals surface area contributed by atoms with Crippen molar-refractivity contribution in [2.75, 3.05) is 5.32 Å². The Balaban J connectivity index is 2.10. The Labute approximate surface area is 133 Å². The third-order valence-corrected chi connectivity index (χ3v) is 4.24. The molecule has 1 aromatic heterocycles. The van der Waals surface area contributed by atoms with Gasteiger partial charge in [0.1, 0.15) is 11.6 Å². The highest BCUT2D eigenvalue weighted by Crippen LogP contribution is 2.28. The minimum atomic E-state index is -0.295. The summed E-state index contributed by atoms with van der Waals surface area (Å²) >= 11 is 7.20. The molecule has 0 saturated heterocycles. The fourth-order valence-corrected chi connectivity index (χ4v) is 2.84. The topological polar surface area (TPSA) is 34.1 Å². The van der Waals surface area contributed by atoms with Crippen molar-refractivity contribution in [3.05, 3.63) is 39.6 Å². The minimum absolute atomic E-state index is 0.133. The van der Waals surface area contributed by atoms with Crippen molar-refractivity contribution in [1.82, 2.24) is 4.98 Å². The first-order chi connectivity index (χ1) is 10.1. The summed E-state index contributed by atoms with van der Waals surface area (Å²) in [6.07, 6.45) is 3.67. The molecule has 0 unspecified atom stereocenters. The number of thiazole rings is 1. The molecule has 1 heterocycles. The fourth-order valence-electron chi connectivity index (χ4n) is 1.93. The average molecular weight is 329 g/mol. The van der Waals surface area contributed by atoms with Crippen molar-refractivity contribution in [2.24, 2.45) is 0 Å². The molecule has 21 heavy (non-hydrogen) atoms. The molecule has 0 aliphatic carbocycles. The summed E-state index contributed by atoms with van der Waals surface area (Å²) in [7, 11) is 0. The maximum atomic E-state index is 13.5. The maximum absolute atomic E-state index is 13.5. The molecule has 6 heteroatoms. The maximum Gasteiger partial charge on any atom is 0.183 e. The Hall–Kier alpha value is -1.33. The lowest BCUT2D eigenvalue weighted by atomic mass is 10.2. The molecule has 0 spiro atoms. The highest BCUT2D eigenvalue weighted by Gasteiger charge is 2.11. The first-order valence-electron chi connectivity index (χ1n) is 6.92. The van der Waals surface area contributed by atoms with Crippen LogP contribution in [0.4, 0.5) is 10.1 Å². The summed E-state index contributed by atoms with van der Waals surface area (Å²) in [4.78, 5) is 4.97. The summed E-state index contributed by atoms with van der Waals surface area (Å²) in [6.45, 7) is 4.68. The van der Waals surface area contributed by atoms with Gasteiger partial charge < -0.3 is 10.1 Å². The summed E-state index contributed by atoms with van der Waals surface area (Å²) < 4.78 is 19.9. The smallest absolute Gasteiger partial charge is 0.183 e. The molecule has 1 aromatic carbocycles. The van der Waals surface area contributed by atoms with E-state index in [1.54, 1.807) is 12.3 Å². The van der Waals surface area contributed by atoms with Gasteiger partial charge in [0.25, 0.3) is 0 Å². The molecule has 0 saturated carbocycles. The Morgan fingerprint density at radius 1 is 1.38 bits per heavy atom. The fraction of sp³-hybridized carbons (Fsp3) is 0.400. The predicted octanol–water partition coefficient (Wildman–Crippen LogP) is 5.12. The zero-order valence-electron chi connectivity index (χ0n) is 12.0. The van der Waals surface area contributed by atoms with E-state index in [4.69, 9.17) is 16.3 Å². The zero-order chi connectivity index (χ0) is 15.2. The molecule has 2 aromatic rings. The second kappa shape index (κ2) is 7.61. The van der Waals surface area contributed by atoms with Gasteiger partial charge in [0, 0.05) is 17.1 Å². The molecule has 0 atom stereocenters. The van der Waals surface area contributed by atoms with Crippen LogP contribution in [-0.2, 0) is 6.54 Å². The number of nitrogens with one attached hydrogen (secondary N) is 1. The van der Waals surface area contributed by atoms with Gasteiger partial charge in [0.15, 0.2) is 4.47 Å². The van der Waals surface area contributed by atoms with Crippen LogP contribution in [0.1, 0.15) is 31.6 Å². The number of aromatic nitrogens is 1. The summed E-state index contributed by atoms with van der Waals surface area (Å²) in [5.74, 6) is 0.373. The van der Waals surface area contributed by atoms with E-state index in [-0.39, 0.29) is 11.9 Å². The number of benzene rings is 1. The van der Waals surface area contributed by atoms with Crippen molar-refractivity contribution >= 4 is 28.6 Å². The molecule has 0 fully saturated rings. The van der Waals surface area contributed by atoms with E-state index in [0.29, 0.717) is 22.4 Å². The zero-order valence-corrected chi connectivity index (χ0v) is 13.6. The Kier molecular flexibility index (Phi) is 5.82. The van der Waals surface area contributed by atoms with Crippen LogP contribution in [0.25, 0.3) is 0 Å². The number of anilines is 1. The van der Waals surface area contributed by atoms with Gasteiger partial charge in [-0.2, -0.15) is 0 Å². The normalized spacial score (nSPS) is 10.9. The van der Waals surface area contributed by atoms with Gasteiger partial charge >= 0.3 is 0 Å². The lowest BCUT2D eigenvalue weighted by molar-refractivity contribution is 0.193. The Morgan fingerprint density at radius 2 is 2.14 bits per heavy atom. The van der Waals surface area contributed by atoms with Crippen molar-refractivity contribution in [3.63, 3.8) is 0 Å². The van der Waals surface area contributed by atoms with Crippen LogP contribution >= 0.6 is 22.9 Å². The number of rotatable bonds is 7. The summed E-state index contributed by atoms with van der Waals surface area (Å²) in [5, 5.41) is 3.18. The number of halogens is 2. The number of ether oxygens (including phenoxy) is 1. The van der Waals surface area contributed by atoms with Gasteiger partial charge in [-0.3, -0.25) is 0 Å². The molecule has 2 rings (SSSR count). The van der Waals surface area contributed by atoms with E-state index < -0.39 is 0 Å². The van der Waals surface area contributed by atoms with Gasteiger partial charge in [-0.25, -0.2) is 9.37 Å². The standard InChI is InChI=1S/C15H18ClFN2OS/c1-3-11(4-2)20-14-6-5-10(17)7-13(14)18-8-12-9-19-15(16)21-12/h5-7,9,11,18H,3-4,8H2,1-2H3. The van der Waals surface area contributed by atoms with E-state index in [9.17, 15) is 4.39 Å². The van der Waals surface area contributed by atoms with Crippen LogP contribution in [0, 0.1) is 5.82 Å². The monoisotopic (exact) mass is 328 g/mol. The molecular formula is C15H18ClFN2OS. The van der Waals surface area contributed by atoms with Crippen molar-refractivity contribution in [1.29, 1.82) is 0 Å². The lowest BCUT2D eigenvalue weighted by Crippen LogP contribution is -2.15. The Morgan fingerprint density at radius 3 is 2.76 bits per heavy atom. The van der Waals surface area contributed by atoms with Crippen LogP contribution in [0.2, 0.25) is 4.47 Å². The molecule has 0 bridgehead atoms. The predicted molar refractivity (Wildman–Crippen MR) is 85.8 cm³/mol. The third-order valence-electron chi connectivity index (χ3n) is 3.12. The van der Waals surface area contributed by atoms with E-state index in [2.05, 4.69) is 24.1 Å². The number of hydrogen-bond donors (Lipinski definition) is 1. The largest absolute Gasteiger partial charge is 0.488 e. The molecule has 0 aliphatic heterocycles. The minimum Gasteiger partial charge on any atom is -0.488 e. The Bertz CT molecular complexity index is 587. The van der Waals surface area contributed by atoms with E-state index in [1.807, 2.05) is 0 Å². The molecule has 0 amide bonds. The molecule has 114 valence electrons. The van der Waals surface area contributed by atoms with Gasteiger partial charge in [0.05, 0.1) is 18.3 Å². The highest BCUT2D eigenvalue weighted by molar-refractivity contribution is 7.15. The quantitative estimate of drug-likeness (QED) is 0.766. The second-order valence-corrected chi connectivity index (χ2v) is 6.33. The first-order valence-corrected chi connectivity index (χ1v) is 8.12. The number of nitrogens with zero attached hydrogens (tertiary/aromatic N) is 1. The second-order valence-electron chi connectivity index (χ2n) is 4.63. The van der Waals surface area contributed by atoms with Crippen LogP contribution in [0.15, 0.2) is 24.4 Å². The number of hydrogen-bond acceptors (Lipinski definition) is 4. The van der Waals surface area contributed by atoms with Crippen molar-refractivity contribution in [2.45, 2.75) is 39.3 Å². The summed E-state index contributed by atoms with van der Waals surface area (Å²) in [5.41, 5.74) is 0.645. The molecular weight excluding hydrogens is 311 g/mol. The van der Waals surface area contributed by atoms with Crippen LogP contribution in [-0.4, -0.2) is 11.1 Å². The summed E-state index contributed by atoms with van der Waals surface area (Å²) in [6, 6.07) is 4.52. The first kappa shape index (κ1) is 16.0. The van der Waals surface area contributed by atoms with Crippen molar-refractivity contribution < 1.29 is 9.13 Å². The van der Waals surface area contributed by atoms with Gasteiger partial charge in [-0.15, -0.1) is 11.3 Å². The molecule has 0 radical (unpaired) electrons. The lowest BCUT2D eigenvalue weighted by Gasteiger charge is -2.19. The molecule has 0 aliphatic rings. The van der Waals surface area contributed by atoms with Crippen LogP contribution < -0.4 is 10.1 Å². The molecule has 3 nitrogen and oxygen atoms in total. The van der Waals surface area contributed by atoms with Crippen LogP contribution in [0.3, 0.4) is 0 Å². The van der Waals surface area contributed by atoms with E-state index in [0.717, 1.165) is 17.7 Å². The van der Waals surface area contributed by atoms with Gasteiger partial charge in [-0.1, -0.05) is 25.4 Å².